The van der Waals surface area contributed by atoms with Crippen molar-refractivity contribution in [3.63, 3.8) is 0 Å². The van der Waals surface area contributed by atoms with E-state index in [9.17, 15) is 18.0 Å². The topological polar surface area (TPSA) is 106 Å². The maximum Gasteiger partial charge on any atom is 0.338 e. The van der Waals surface area contributed by atoms with Crippen LogP contribution in [0, 0.1) is 0 Å². The third-order valence-electron chi connectivity index (χ3n) is 3.92. The van der Waals surface area contributed by atoms with E-state index >= 15 is 0 Å². The molecular formula is C19H18N2O5S. The summed E-state index contributed by atoms with van der Waals surface area (Å²) >= 11 is 0. The number of nitrogens with zero attached hydrogens (tertiary/aromatic N) is 1. The summed E-state index contributed by atoms with van der Waals surface area (Å²) in [6.45, 7) is 1.61. The summed E-state index contributed by atoms with van der Waals surface area (Å²) in [6.07, 6.45) is 0.388. The van der Waals surface area contributed by atoms with E-state index in [0.717, 1.165) is 6.26 Å². The van der Waals surface area contributed by atoms with Crippen molar-refractivity contribution in [2.24, 2.45) is 0 Å². The van der Waals surface area contributed by atoms with Crippen LogP contribution < -0.4 is 5.56 Å². The molecule has 0 spiro atoms. The van der Waals surface area contributed by atoms with Crippen molar-refractivity contribution in [2.75, 3.05) is 6.26 Å². The smallest absolute Gasteiger partial charge is 0.338 e. The second kappa shape index (κ2) is 7.32. The Morgan fingerprint density at radius 2 is 1.81 bits per heavy atom. The number of esters is 1. The van der Waals surface area contributed by atoms with Gasteiger partial charge in [0.05, 0.1) is 22.2 Å². The predicted octanol–water partition coefficient (Wildman–Crippen LogP) is 2.39. The number of carbonyl (C=O) groups is 1. The largest absolute Gasteiger partial charge is 0.451 e. The molecule has 1 atom stereocenters. The molecule has 0 aliphatic heterocycles. The van der Waals surface area contributed by atoms with Gasteiger partial charge in [-0.1, -0.05) is 24.3 Å². The molecule has 1 aromatic heterocycles. The van der Waals surface area contributed by atoms with Crippen LogP contribution in [0.25, 0.3) is 10.9 Å². The fraction of sp³-hybridized carbons (Fsp3) is 0.211. The van der Waals surface area contributed by atoms with Crippen molar-refractivity contribution in [1.82, 2.24) is 9.97 Å². The third kappa shape index (κ3) is 4.59. The van der Waals surface area contributed by atoms with Gasteiger partial charge in [-0.2, -0.15) is 0 Å². The Hall–Kier alpha value is -3.00. The van der Waals surface area contributed by atoms with E-state index in [1.807, 2.05) is 0 Å². The van der Waals surface area contributed by atoms with E-state index in [2.05, 4.69) is 9.97 Å². The van der Waals surface area contributed by atoms with Gasteiger partial charge in [0.15, 0.2) is 21.8 Å². The van der Waals surface area contributed by atoms with E-state index in [1.54, 1.807) is 43.3 Å². The molecule has 0 aliphatic carbocycles. The fourth-order valence-corrected chi connectivity index (χ4v) is 3.42. The van der Waals surface area contributed by atoms with Crippen LogP contribution in [-0.2, 0) is 20.3 Å². The number of hydrogen-bond acceptors (Lipinski definition) is 6. The van der Waals surface area contributed by atoms with Crippen LogP contribution in [-0.4, -0.2) is 30.6 Å². The molecule has 0 saturated heterocycles. The van der Waals surface area contributed by atoms with Gasteiger partial charge in [-0.25, -0.2) is 18.2 Å². The molecule has 0 bridgehead atoms. The van der Waals surface area contributed by atoms with Gasteiger partial charge in [-0.15, -0.1) is 0 Å². The Labute approximate surface area is 155 Å². The average Bonchev–Trinajstić information content (AvgIpc) is 2.61. The minimum atomic E-state index is -3.15. The SMILES string of the molecule is C[C@@H](OC(=O)c1ccc(CS(C)(=O)=O)cc1)c1nc2ccccc2c(=O)[nH]1. The number of carbonyl (C=O) groups excluding carboxylic acids is 1. The molecule has 7 nitrogen and oxygen atoms in total. The lowest BCUT2D eigenvalue weighted by atomic mass is 10.1. The molecule has 3 rings (SSSR count). The van der Waals surface area contributed by atoms with Gasteiger partial charge in [-0.3, -0.25) is 4.79 Å². The second-order valence-electron chi connectivity index (χ2n) is 6.28. The summed E-state index contributed by atoms with van der Waals surface area (Å²) in [4.78, 5) is 31.4. The average molecular weight is 386 g/mol. The third-order valence-corrected chi connectivity index (χ3v) is 4.78. The molecule has 8 heteroatoms. The molecular weight excluding hydrogens is 368 g/mol. The number of ether oxygens (including phenoxy) is 1. The van der Waals surface area contributed by atoms with Gasteiger partial charge < -0.3 is 9.72 Å². The van der Waals surface area contributed by atoms with Crippen molar-refractivity contribution in [2.45, 2.75) is 18.8 Å². The normalized spacial score (nSPS) is 12.7. The zero-order valence-electron chi connectivity index (χ0n) is 14.8. The summed E-state index contributed by atoms with van der Waals surface area (Å²) in [5, 5.41) is 0.459. The van der Waals surface area contributed by atoms with Crippen molar-refractivity contribution >= 4 is 26.7 Å². The van der Waals surface area contributed by atoms with E-state index < -0.39 is 21.9 Å². The van der Waals surface area contributed by atoms with E-state index in [-0.39, 0.29) is 22.7 Å². The van der Waals surface area contributed by atoms with Crippen molar-refractivity contribution < 1.29 is 17.9 Å². The highest BCUT2D eigenvalue weighted by molar-refractivity contribution is 7.89. The van der Waals surface area contributed by atoms with Gasteiger partial charge in [0.2, 0.25) is 0 Å². The first-order valence-corrected chi connectivity index (χ1v) is 10.3. The first-order chi connectivity index (χ1) is 12.7. The molecule has 0 unspecified atom stereocenters. The lowest BCUT2D eigenvalue weighted by molar-refractivity contribution is 0.0320. The zero-order chi connectivity index (χ0) is 19.6. The molecule has 0 amide bonds. The summed E-state index contributed by atoms with van der Waals surface area (Å²) in [5.74, 6) is -0.439. The van der Waals surface area contributed by atoms with Crippen LogP contribution in [0.3, 0.4) is 0 Å². The summed E-state index contributed by atoms with van der Waals surface area (Å²) in [5.41, 5.74) is 1.08. The summed E-state index contributed by atoms with van der Waals surface area (Å²) < 4.78 is 28.0. The minimum absolute atomic E-state index is 0.0963. The second-order valence-corrected chi connectivity index (χ2v) is 8.42. The van der Waals surface area contributed by atoms with Crippen LogP contribution in [0.5, 0.6) is 0 Å². The molecule has 3 aromatic rings. The maximum atomic E-state index is 12.3. The summed E-state index contributed by atoms with van der Waals surface area (Å²) in [7, 11) is -3.15. The van der Waals surface area contributed by atoms with Crippen molar-refractivity contribution in [1.29, 1.82) is 0 Å². The van der Waals surface area contributed by atoms with Crippen LogP contribution >= 0.6 is 0 Å². The van der Waals surface area contributed by atoms with Gasteiger partial charge in [0.25, 0.3) is 5.56 Å². The molecule has 0 fully saturated rings. The predicted molar refractivity (Wildman–Crippen MR) is 101 cm³/mol. The number of benzene rings is 2. The number of aromatic nitrogens is 2. The number of sulfone groups is 1. The number of fused-ring (bicyclic) bond motifs is 1. The first-order valence-electron chi connectivity index (χ1n) is 8.19. The van der Waals surface area contributed by atoms with Crippen LogP contribution in [0.15, 0.2) is 53.3 Å². The van der Waals surface area contributed by atoms with Gasteiger partial charge in [0.1, 0.15) is 0 Å². The molecule has 2 aromatic carbocycles. The lowest BCUT2D eigenvalue weighted by Gasteiger charge is -2.13. The molecule has 27 heavy (non-hydrogen) atoms. The molecule has 0 aliphatic rings. The van der Waals surface area contributed by atoms with Gasteiger partial charge >= 0.3 is 5.97 Å². The molecule has 0 radical (unpaired) electrons. The number of rotatable bonds is 5. The molecule has 0 saturated carbocycles. The number of hydrogen-bond donors (Lipinski definition) is 1. The number of para-hydroxylation sites is 1. The Balaban J connectivity index is 1.77. The lowest BCUT2D eigenvalue weighted by Crippen LogP contribution is -2.17. The number of H-pyrrole nitrogens is 1. The van der Waals surface area contributed by atoms with Gasteiger partial charge in [0, 0.05) is 6.26 Å². The Bertz CT molecular complexity index is 1150. The monoisotopic (exact) mass is 386 g/mol. The van der Waals surface area contributed by atoms with Crippen LogP contribution in [0.2, 0.25) is 0 Å². The van der Waals surface area contributed by atoms with E-state index in [4.69, 9.17) is 4.74 Å². The molecule has 1 heterocycles. The van der Waals surface area contributed by atoms with Gasteiger partial charge in [-0.05, 0) is 36.8 Å². The van der Waals surface area contributed by atoms with Crippen LogP contribution in [0.4, 0.5) is 0 Å². The summed E-state index contributed by atoms with van der Waals surface area (Å²) in [6, 6.07) is 13.0. The van der Waals surface area contributed by atoms with Crippen molar-refractivity contribution in [3.05, 3.63) is 75.8 Å². The molecule has 140 valence electrons. The highest BCUT2D eigenvalue weighted by Crippen LogP contribution is 2.17. The maximum absolute atomic E-state index is 12.3. The quantitative estimate of drug-likeness (QED) is 0.675. The van der Waals surface area contributed by atoms with E-state index in [0.29, 0.717) is 16.5 Å². The number of nitrogens with one attached hydrogen (secondary N) is 1. The van der Waals surface area contributed by atoms with Crippen LogP contribution in [0.1, 0.15) is 34.8 Å². The van der Waals surface area contributed by atoms with E-state index in [1.165, 1.54) is 12.1 Å². The zero-order valence-corrected chi connectivity index (χ0v) is 15.6. The highest BCUT2D eigenvalue weighted by atomic mass is 32.2. The fourth-order valence-electron chi connectivity index (χ4n) is 2.62. The highest BCUT2D eigenvalue weighted by Gasteiger charge is 2.17. The minimum Gasteiger partial charge on any atom is -0.451 e. The Morgan fingerprint density at radius 1 is 1.15 bits per heavy atom. The number of aromatic amines is 1. The molecule has 1 N–H and O–H groups in total. The van der Waals surface area contributed by atoms with Crippen molar-refractivity contribution in [3.8, 4) is 0 Å². The standard InChI is InChI=1S/C19H18N2O5S/c1-12(17-20-16-6-4-3-5-15(16)18(22)21-17)26-19(23)14-9-7-13(8-10-14)11-27(2,24)25/h3-10,12H,11H2,1-2H3,(H,20,21,22)/t12-/m1/s1. The Kier molecular flexibility index (Phi) is 5.09. The first kappa shape index (κ1) is 18.8. The Morgan fingerprint density at radius 3 is 2.48 bits per heavy atom.